The topological polar surface area (TPSA) is 83.6 Å². The quantitative estimate of drug-likeness (QED) is 0.229. The third-order valence-corrected chi connectivity index (χ3v) is 10.4. The molecular weight excluding hydrogens is 616 g/mol. The number of nitrogens with zero attached hydrogens (tertiary/aromatic N) is 3. The summed E-state index contributed by atoms with van der Waals surface area (Å²) in [7, 11) is 1.67. The van der Waals surface area contributed by atoms with Crippen molar-refractivity contribution >= 4 is 23.2 Å². The van der Waals surface area contributed by atoms with E-state index in [0.717, 1.165) is 67.0 Å². The zero-order valence-corrected chi connectivity index (χ0v) is 28.8. The predicted octanol–water partition coefficient (Wildman–Crippen LogP) is 5.87. The molecule has 0 unspecified atom stereocenters. The Morgan fingerprint density at radius 2 is 1.76 bits per heavy atom. The van der Waals surface area contributed by atoms with Crippen LogP contribution in [0.1, 0.15) is 56.4 Å². The van der Waals surface area contributed by atoms with Crippen molar-refractivity contribution in [2.24, 2.45) is 5.92 Å². The fourth-order valence-corrected chi connectivity index (χ4v) is 7.69. The number of carbonyl (C=O) groups excluding carboxylic acids is 2. The van der Waals surface area contributed by atoms with E-state index in [1.54, 1.807) is 12.0 Å². The van der Waals surface area contributed by atoms with Crippen molar-refractivity contribution in [2.45, 2.75) is 56.9 Å². The maximum absolute atomic E-state index is 14.6. The van der Waals surface area contributed by atoms with Crippen molar-refractivity contribution in [3.63, 3.8) is 0 Å². The Balaban J connectivity index is 1.09. The summed E-state index contributed by atoms with van der Waals surface area (Å²) in [4.78, 5) is 33.8. The SMILES string of the molecule is COCCCN1C(=O)COc2ccc(N(C(=O)[C@H]3CNCC[C@@H]3c3cccc(-c4cccc(OCCN5CCCCC5)c4)c3)C3CC3)cc21. The lowest BCUT2D eigenvalue weighted by Crippen LogP contribution is -2.47. The first kappa shape index (κ1) is 33.6. The monoisotopic (exact) mass is 666 g/mol. The van der Waals surface area contributed by atoms with Crippen LogP contribution in [-0.2, 0) is 14.3 Å². The molecule has 2 atom stereocenters. The highest BCUT2D eigenvalue weighted by molar-refractivity contribution is 6.01. The van der Waals surface area contributed by atoms with Crippen LogP contribution in [0.3, 0.4) is 0 Å². The Hall–Kier alpha value is -3.92. The van der Waals surface area contributed by atoms with Crippen molar-refractivity contribution in [2.75, 3.05) is 76.0 Å². The van der Waals surface area contributed by atoms with Crippen LogP contribution < -0.4 is 24.6 Å². The van der Waals surface area contributed by atoms with Gasteiger partial charge in [-0.15, -0.1) is 0 Å². The number of hydrogen-bond donors (Lipinski definition) is 1. The second-order valence-electron chi connectivity index (χ2n) is 13.9. The van der Waals surface area contributed by atoms with Crippen LogP contribution in [0.4, 0.5) is 11.4 Å². The van der Waals surface area contributed by atoms with E-state index in [4.69, 9.17) is 14.2 Å². The van der Waals surface area contributed by atoms with Gasteiger partial charge < -0.3 is 29.3 Å². The van der Waals surface area contributed by atoms with Crippen molar-refractivity contribution in [3.05, 3.63) is 72.3 Å². The zero-order chi connectivity index (χ0) is 33.6. The van der Waals surface area contributed by atoms with Crippen LogP contribution in [0.15, 0.2) is 66.7 Å². The maximum atomic E-state index is 14.6. The molecule has 0 spiro atoms. The number of methoxy groups -OCH3 is 1. The molecule has 1 N–H and O–H groups in total. The summed E-state index contributed by atoms with van der Waals surface area (Å²) in [6, 6.07) is 23.1. The van der Waals surface area contributed by atoms with Gasteiger partial charge in [0.25, 0.3) is 5.91 Å². The molecule has 3 aromatic carbocycles. The second kappa shape index (κ2) is 15.7. The molecule has 2 saturated heterocycles. The van der Waals surface area contributed by atoms with Gasteiger partial charge in [-0.3, -0.25) is 14.5 Å². The molecule has 9 heteroatoms. The lowest BCUT2D eigenvalue weighted by molar-refractivity contribution is -0.123. The molecule has 0 radical (unpaired) electrons. The minimum Gasteiger partial charge on any atom is -0.492 e. The van der Waals surface area contributed by atoms with Crippen LogP contribution in [0.25, 0.3) is 11.1 Å². The van der Waals surface area contributed by atoms with E-state index >= 15 is 0 Å². The van der Waals surface area contributed by atoms with Gasteiger partial charge in [0, 0.05) is 45.1 Å². The van der Waals surface area contributed by atoms with Crippen LogP contribution >= 0.6 is 0 Å². The highest BCUT2D eigenvalue weighted by Gasteiger charge is 2.41. The van der Waals surface area contributed by atoms with Crippen LogP contribution in [0.2, 0.25) is 0 Å². The van der Waals surface area contributed by atoms with E-state index in [9.17, 15) is 9.59 Å². The molecule has 1 aliphatic carbocycles. The minimum atomic E-state index is -0.208. The lowest BCUT2D eigenvalue weighted by Gasteiger charge is -2.36. The number of fused-ring (bicyclic) bond motifs is 1. The third kappa shape index (κ3) is 7.95. The minimum absolute atomic E-state index is 0.0230. The number of amides is 2. The standard InChI is InChI=1S/C40H50N4O5/c1-47-22-7-20-43-37-26-33(14-15-38(37)49-28-39(43)45)44(32-12-13-32)40(46)36-27-41-17-16-35(36)31-10-5-8-29(24-31)30-9-6-11-34(25-30)48-23-21-42-18-3-2-4-19-42/h5-6,8-11,14-15,24-26,32,35-36,41H,2-4,7,12-13,16-23,27-28H2,1H3/t35-,36+/m1/s1. The molecule has 3 fully saturated rings. The molecular formula is C40H50N4O5. The van der Waals surface area contributed by atoms with E-state index in [2.05, 4.69) is 52.7 Å². The van der Waals surface area contributed by atoms with Crippen LogP contribution in [0.5, 0.6) is 11.5 Å². The van der Waals surface area contributed by atoms with E-state index in [1.807, 2.05) is 29.2 Å². The Morgan fingerprint density at radius 1 is 0.939 bits per heavy atom. The first-order valence-corrected chi connectivity index (χ1v) is 18.2. The molecule has 7 rings (SSSR count). The highest BCUT2D eigenvalue weighted by atomic mass is 16.5. The van der Waals surface area contributed by atoms with Gasteiger partial charge in [0.2, 0.25) is 5.91 Å². The fourth-order valence-electron chi connectivity index (χ4n) is 7.69. The van der Waals surface area contributed by atoms with E-state index in [-0.39, 0.29) is 36.3 Å². The number of anilines is 2. The number of ether oxygens (including phenoxy) is 3. The fraction of sp³-hybridized carbons (Fsp3) is 0.500. The summed E-state index contributed by atoms with van der Waals surface area (Å²) in [6.07, 6.45) is 7.48. The van der Waals surface area contributed by atoms with Crippen LogP contribution in [0, 0.1) is 5.92 Å². The summed E-state index contributed by atoms with van der Waals surface area (Å²) >= 11 is 0. The summed E-state index contributed by atoms with van der Waals surface area (Å²) in [6.45, 7) is 6.65. The number of carbonyl (C=O) groups is 2. The van der Waals surface area contributed by atoms with Crippen LogP contribution in [-0.4, -0.2) is 89.0 Å². The average molecular weight is 667 g/mol. The number of likely N-dealkylation sites (tertiary alicyclic amines) is 1. The zero-order valence-electron chi connectivity index (χ0n) is 28.8. The molecule has 9 nitrogen and oxygen atoms in total. The van der Waals surface area contributed by atoms with E-state index in [0.29, 0.717) is 32.1 Å². The van der Waals surface area contributed by atoms with E-state index < -0.39 is 0 Å². The number of piperidine rings is 2. The molecule has 4 aliphatic rings. The number of hydrogen-bond acceptors (Lipinski definition) is 7. The highest BCUT2D eigenvalue weighted by Crippen LogP contribution is 2.42. The molecule has 1 saturated carbocycles. The Morgan fingerprint density at radius 3 is 2.57 bits per heavy atom. The predicted molar refractivity (Wildman–Crippen MR) is 193 cm³/mol. The molecule has 3 aromatic rings. The maximum Gasteiger partial charge on any atom is 0.265 e. The van der Waals surface area contributed by atoms with Gasteiger partial charge in [-0.2, -0.15) is 0 Å². The molecule has 3 heterocycles. The largest absolute Gasteiger partial charge is 0.492 e. The molecule has 0 aromatic heterocycles. The van der Waals surface area contributed by atoms with Gasteiger partial charge in [-0.05, 0) is 111 Å². The van der Waals surface area contributed by atoms with Crippen molar-refractivity contribution in [1.29, 1.82) is 0 Å². The summed E-state index contributed by atoms with van der Waals surface area (Å²) in [5.41, 5.74) is 5.01. The van der Waals surface area contributed by atoms with Gasteiger partial charge in [0.1, 0.15) is 18.1 Å². The summed E-state index contributed by atoms with van der Waals surface area (Å²) in [5, 5.41) is 3.52. The van der Waals surface area contributed by atoms with Gasteiger partial charge in [0.15, 0.2) is 6.61 Å². The Kier molecular flexibility index (Phi) is 10.8. The van der Waals surface area contributed by atoms with Crippen molar-refractivity contribution in [1.82, 2.24) is 10.2 Å². The molecule has 49 heavy (non-hydrogen) atoms. The number of rotatable bonds is 13. The molecule has 2 amide bonds. The third-order valence-electron chi connectivity index (χ3n) is 10.4. The Labute approximate surface area is 290 Å². The van der Waals surface area contributed by atoms with Crippen molar-refractivity contribution < 1.29 is 23.8 Å². The van der Waals surface area contributed by atoms with Gasteiger partial charge in [-0.1, -0.05) is 42.8 Å². The first-order valence-electron chi connectivity index (χ1n) is 18.2. The van der Waals surface area contributed by atoms with Gasteiger partial charge >= 0.3 is 0 Å². The van der Waals surface area contributed by atoms with Crippen molar-refractivity contribution in [3.8, 4) is 22.6 Å². The number of nitrogens with one attached hydrogen (secondary N) is 1. The molecule has 260 valence electrons. The normalized spacial score (nSPS) is 21.2. The lowest BCUT2D eigenvalue weighted by atomic mass is 9.79. The Bertz CT molecular complexity index is 1600. The second-order valence-corrected chi connectivity index (χ2v) is 13.9. The summed E-state index contributed by atoms with van der Waals surface area (Å²) in [5.74, 6) is 1.52. The van der Waals surface area contributed by atoms with Gasteiger partial charge in [-0.25, -0.2) is 0 Å². The summed E-state index contributed by atoms with van der Waals surface area (Å²) < 4.78 is 17.2. The van der Waals surface area contributed by atoms with E-state index in [1.165, 1.54) is 37.9 Å². The number of benzene rings is 3. The van der Waals surface area contributed by atoms with Gasteiger partial charge in [0.05, 0.1) is 11.6 Å². The smallest absolute Gasteiger partial charge is 0.265 e. The first-order chi connectivity index (χ1) is 24.1. The average Bonchev–Trinajstić information content (AvgIpc) is 3.99. The molecule has 3 aliphatic heterocycles. The molecule has 0 bridgehead atoms.